The highest BCUT2D eigenvalue weighted by Crippen LogP contribution is 2.38. The summed E-state index contributed by atoms with van der Waals surface area (Å²) in [5.41, 5.74) is 1.04. The van der Waals surface area contributed by atoms with Crippen molar-refractivity contribution in [1.29, 1.82) is 0 Å². The molecule has 1 fully saturated rings. The molecule has 1 saturated carbocycles. The molecule has 1 atom stereocenters. The SMILES string of the molecule is COc1ccc([C@@H](Nc2nc(C3CC3)no2)c2nccn2C)cc1. The molecule has 0 spiro atoms. The van der Waals surface area contributed by atoms with Gasteiger partial charge < -0.3 is 19.1 Å². The third kappa shape index (κ3) is 2.84. The highest BCUT2D eigenvalue weighted by Gasteiger charge is 2.29. The fraction of sp³-hybridized carbons (Fsp3) is 0.353. The van der Waals surface area contributed by atoms with Crippen LogP contribution in [0.3, 0.4) is 0 Å². The van der Waals surface area contributed by atoms with Crippen LogP contribution in [0.15, 0.2) is 41.2 Å². The third-order valence-electron chi connectivity index (χ3n) is 4.22. The quantitative estimate of drug-likeness (QED) is 0.751. The van der Waals surface area contributed by atoms with Gasteiger partial charge in [0.2, 0.25) is 0 Å². The lowest BCUT2D eigenvalue weighted by molar-refractivity contribution is 0.414. The van der Waals surface area contributed by atoms with Crippen LogP contribution in [-0.2, 0) is 7.05 Å². The first kappa shape index (κ1) is 14.7. The number of methoxy groups -OCH3 is 1. The van der Waals surface area contributed by atoms with Gasteiger partial charge in [-0.2, -0.15) is 4.98 Å². The van der Waals surface area contributed by atoms with Crippen LogP contribution in [0.4, 0.5) is 6.01 Å². The summed E-state index contributed by atoms with van der Waals surface area (Å²) in [4.78, 5) is 8.93. The molecule has 24 heavy (non-hydrogen) atoms. The van der Waals surface area contributed by atoms with Gasteiger partial charge in [-0.15, -0.1) is 0 Å². The monoisotopic (exact) mass is 325 g/mol. The third-order valence-corrected chi connectivity index (χ3v) is 4.22. The molecule has 2 aromatic heterocycles. The molecule has 0 radical (unpaired) electrons. The van der Waals surface area contributed by atoms with E-state index in [1.165, 1.54) is 0 Å². The minimum atomic E-state index is -0.191. The van der Waals surface area contributed by atoms with Crippen molar-refractivity contribution in [3.63, 3.8) is 0 Å². The number of imidazole rings is 1. The van der Waals surface area contributed by atoms with Gasteiger partial charge in [-0.25, -0.2) is 4.98 Å². The first-order valence-corrected chi connectivity index (χ1v) is 7.96. The van der Waals surface area contributed by atoms with Crippen LogP contribution in [-0.4, -0.2) is 26.8 Å². The van der Waals surface area contributed by atoms with Crippen molar-refractivity contribution in [3.05, 3.63) is 53.9 Å². The zero-order chi connectivity index (χ0) is 16.5. The van der Waals surface area contributed by atoms with E-state index in [2.05, 4.69) is 20.4 Å². The van der Waals surface area contributed by atoms with E-state index in [9.17, 15) is 0 Å². The molecule has 124 valence electrons. The summed E-state index contributed by atoms with van der Waals surface area (Å²) in [6, 6.07) is 8.09. The highest BCUT2D eigenvalue weighted by atomic mass is 16.5. The zero-order valence-electron chi connectivity index (χ0n) is 13.6. The number of benzene rings is 1. The normalized spacial score (nSPS) is 15.2. The number of hydrogen-bond acceptors (Lipinski definition) is 6. The summed E-state index contributed by atoms with van der Waals surface area (Å²) in [5.74, 6) is 2.92. The van der Waals surface area contributed by atoms with Crippen LogP contribution in [0.2, 0.25) is 0 Å². The number of hydrogen-bond donors (Lipinski definition) is 1. The van der Waals surface area contributed by atoms with Gasteiger partial charge in [0.25, 0.3) is 0 Å². The van der Waals surface area contributed by atoms with Crippen molar-refractivity contribution in [1.82, 2.24) is 19.7 Å². The summed E-state index contributed by atoms with van der Waals surface area (Å²) in [7, 11) is 3.62. The minimum absolute atomic E-state index is 0.191. The van der Waals surface area contributed by atoms with Gasteiger partial charge in [0.05, 0.1) is 7.11 Å². The van der Waals surface area contributed by atoms with E-state index in [1.807, 2.05) is 42.1 Å². The number of aromatic nitrogens is 4. The van der Waals surface area contributed by atoms with Crippen molar-refractivity contribution in [2.45, 2.75) is 24.8 Å². The molecule has 0 unspecified atom stereocenters. The molecule has 0 bridgehead atoms. The number of nitrogens with one attached hydrogen (secondary N) is 1. The van der Waals surface area contributed by atoms with Crippen molar-refractivity contribution >= 4 is 6.01 Å². The Labute approximate surface area is 139 Å². The van der Waals surface area contributed by atoms with E-state index in [0.717, 1.165) is 35.8 Å². The molecule has 0 saturated heterocycles. The summed E-state index contributed by atoms with van der Waals surface area (Å²) < 4.78 is 12.6. The maximum atomic E-state index is 5.37. The maximum absolute atomic E-state index is 5.37. The molecule has 7 heteroatoms. The average Bonchev–Trinajstić information content (AvgIpc) is 3.21. The van der Waals surface area contributed by atoms with E-state index in [1.54, 1.807) is 13.3 Å². The summed E-state index contributed by atoms with van der Waals surface area (Å²) in [5, 5.41) is 7.37. The number of ether oxygens (including phenoxy) is 1. The standard InChI is InChI=1S/C17H19N5O2/c1-22-10-9-18-16(22)14(11-5-7-13(23-2)8-6-11)19-17-20-15(21-24-17)12-3-4-12/h5-10,12,14H,3-4H2,1-2H3,(H,19,20,21)/t14-/m1/s1. The second-order valence-electron chi connectivity index (χ2n) is 5.98. The van der Waals surface area contributed by atoms with Crippen molar-refractivity contribution < 1.29 is 9.26 Å². The molecule has 1 aliphatic carbocycles. The Bertz CT molecular complexity index is 820. The van der Waals surface area contributed by atoms with Crippen molar-refractivity contribution in [2.24, 2.45) is 7.05 Å². The second-order valence-corrected chi connectivity index (χ2v) is 5.98. The topological polar surface area (TPSA) is 78.0 Å². The number of aryl methyl sites for hydroxylation is 1. The number of anilines is 1. The first-order chi connectivity index (χ1) is 11.7. The van der Waals surface area contributed by atoms with Gasteiger partial charge in [-0.1, -0.05) is 17.3 Å². The molecule has 1 aromatic carbocycles. The van der Waals surface area contributed by atoms with Crippen molar-refractivity contribution in [2.75, 3.05) is 12.4 Å². The van der Waals surface area contributed by atoms with Crippen LogP contribution in [0, 0.1) is 0 Å². The average molecular weight is 325 g/mol. The maximum Gasteiger partial charge on any atom is 0.322 e. The summed E-state index contributed by atoms with van der Waals surface area (Å²) in [6.45, 7) is 0. The molecular weight excluding hydrogens is 306 g/mol. The molecular formula is C17H19N5O2. The van der Waals surface area contributed by atoms with E-state index in [0.29, 0.717) is 11.9 Å². The highest BCUT2D eigenvalue weighted by molar-refractivity contribution is 5.38. The van der Waals surface area contributed by atoms with Crippen LogP contribution < -0.4 is 10.1 Å². The van der Waals surface area contributed by atoms with Crippen LogP contribution >= 0.6 is 0 Å². The van der Waals surface area contributed by atoms with Gasteiger partial charge in [-0.3, -0.25) is 0 Å². The Morgan fingerprint density at radius 1 is 1.29 bits per heavy atom. The van der Waals surface area contributed by atoms with Gasteiger partial charge in [0.15, 0.2) is 5.82 Å². The lowest BCUT2D eigenvalue weighted by Gasteiger charge is -2.18. The Morgan fingerprint density at radius 2 is 2.08 bits per heavy atom. The molecule has 2 heterocycles. The fourth-order valence-electron chi connectivity index (χ4n) is 2.67. The largest absolute Gasteiger partial charge is 0.497 e. The lowest BCUT2D eigenvalue weighted by Crippen LogP contribution is -2.17. The van der Waals surface area contributed by atoms with Crippen LogP contribution in [0.5, 0.6) is 5.75 Å². The smallest absolute Gasteiger partial charge is 0.322 e. The first-order valence-electron chi connectivity index (χ1n) is 7.96. The molecule has 0 aliphatic heterocycles. The second kappa shape index (κ2) is 5.99. The lowest BCUT2D eigenvalue weighted by atomic mass is 10.1. The molecule has 3 aromatic rings. The number of nitrogens with zero attached hydrogens (tertiary/aromatic N) is 4. The van der Waals surface area contributed by atoms with Crippen molar-refractivity contribution in [3.8, 4) is 5.75 Å². The Morgan fingerprint density at radius 3 is 2.71 bits per heavy atom. The molecule has 1 N–H and O–H groups in total. The predicted octanol–water partition coefficient (Wildman–Crippen LogP) is 2.89. The Balaban J connectivity index is 1.65. The minimum Gasteiger partial charge on any atom is -0.497 e. The predicted molar refractivity (Wildman–Crippen MR) is 87.9 cm³/mol. The molecule has 1 aliphatic rings. The van der Waals surface area contributed by atoms with E-state index < -0.39 is 0 Å². The molecule has 7 nitrogen and oxygen atoms in total. The zero-order valence-corrected chi connectivity index (χ0v) is 13.6. The van der Waals surface area contributed by atoms with Crippen LogP contribution in [0.1, 0.15) is 42.0 Å². The van der Waals surface area contributed by atoms with Crippen LogP contribution in [0.25, 0.3) is 0 Å². The molecule has 0 amide bonds. The summed E-state index contributed by atoms with van der Waals surface area (Å²) >= 11 is 0. The van der Waals surface area contributed by atoms with Gasteiger partial charge in [-0.05, 0) is 30.5 Å². The van der Waals surface area contributed by atoms with E-state index >= 15 is 0 Å². The molecule has 4 rings (SSSR count). The van der Waals surface area contributed by atoms with E-state index in [4.69, 9.17) is 9.26 Å². The fourth-order valence-corrected chi connectivity index (χ4v) is 2.67. The number of rotatable bonds is 6. The van der Waals surface area contributed by atoms with Gasteiger partial charge in [0.1, 0.15) is 17.6 Å². The Hall–Kier alpha value is -2.83. The van der Waals surface area contributed by atoms with Gasteiger partial charge >= 0.3 is 6.01 Å². The Kier molecular flexibility index (Phi) is 3.68. The summed E-state index contributed by atoms with van der Waals surface area (Å²) in [6.07, 6.45) is 5.97. The van der Waals surface area contributed by atoms with Gasteiger partial charge in [0, 0.05) is 25.4 Å². The van der Waals surface area contributed by atoms with E-state index in [-0.39, 0.29) is 6.04 Å².